The summed E-state index contributed by atoms with van der Waals surface area (Å²) in [6.07, 6.45) is -8.31. The van der Waals surface area contributed by atoms with E-state index in [0.717, 1.165) is 0 Å². The first-order valence-electron chi connectivity index (χ1n) is 4.64. The van der Waals surface area contributed by atoms with Crippen molar-refractivity contribution in [3.63, 3.8) is 0 Å². The molecule has 0 aromatic heterocycles. The van der Waals surface area contributed by atoms with E-state index >= 15 is 0 Å². The van der Waals surface area contributed by atoms with Gasteiger partial charge < -0.3 is 34.9 Å². The number of ether oxygens (including phenoxy) is 1. The zero-order chi connectivity index (χ0) is 12.5. The van der Waals surface area contributed by atoms with Gasteiger partial charge in [0.25, 0.3) is 0 Å². The van der Waals surface area contributed by atoms with Gasteiger partial charge in [0.1, 0.15) is 18.3 Å². The molecule has 1 saturated heterocycles. The van der Waals surface area contributed by atoms with Crippen LogP contribution in [0.5, 0.6) is 0 Å². The molecule has 1 aliphatic rings. The van der Waals surface area contributed by atoms with Crippen molar-refractivity contribution in [2.45, 2.75) is 37.1 Å². The fraction of sp³-hybridized carbons (Fsp3) is 1.00. The van der Waals surface area contributed by atoms with Crippen LogP contribution >= 0.6 is 7.60 Å². The average molecular weight is 258 g/mol. The first-order chi connectivity index (χ1) is 7.22. The lowest BCUT2D eigenvalue weighted by Gasteiger charge is -2.38. The molecule has 0 aromatic rings. The van der Waals surface area contributed by atoms with Gasteiger partial charge in [0.05, 0.1) is 12.3 Å². The van der Waals surface area contributed by atoms with Crippen LogP contribution in [0.1, 0.15) is 6.42 Å². The maximum atomic E-state index is 10.6. The van der Waals surface area contributed by atoms with E-state index in [2.05, 4.69) is 0 Å². The van der Waals surface area contributed by atoms with Crippen molar-refractivity contribution in [2.24, 2.45) is 0 Å². The third kappa shape index (κ3) is 3.47. The molecule has 0 aromatic carbocycles. The van der Waals surface area contributed by atoms with Crippen LogP contribution in [0.25, 0.3) is 0 Å². The van der Waals surface area contributed by atoms with Gasteiger partial charge in [0.2, 0.25) is 0 Å². The third-order valence-corrected chi connectivity index (χ3v) is 3.23. The monoisotopic (exact) mass is 258 g/mol. The normalized spacial score (nSPS) is 41.0. The van der Waals surface area contributed by atoms with Gasteiger partial charge in [0.15, 0.2) is 6.29 Å². The van der Waals surface area contributed by atoms with Gasteiger partial charge in [-0.3, -0.25) is 4.57 Å². The largest absolute Gasteiger partial charge is 0.388 e. The van der Waals surface area contributed by atoms with Crippen LogP contribution < -0.4 is 0 Å². The zero-order valence-corrected chi connectivity index (χ0v) is 9.14. The Balaban J connectivity index is 2.57. The molecule has 9 heteroatoms. The van der Waals surface area contributed by atoms with Crippen molar-refractivity contribution in [2.75, 3.05) is 6.16 Å². The molecule has 1 fully saturated rings. The van der Waals surface area contributed by atoms with Crippen LogP contribution in [0.15, 0.2) is 0 Å². The minimum absolute atomic E-state index is 0.230. The number of aliphatic hydroxyl groups is 4. The standard InChI is InChI=1S/C7H15O8P/c8-4-3(1-2-16(12,13)14)15-7(11)6(10)5(4)9/h3-11H,1-2H2,(H2,12,13,14)/t3?,4-,5?,6?,7-/m1/s1. The molecule has 3 unspecified atom stereocenters. The Morgan fingerprint density at radius 2 is 1.56 bits per heavy atom. The molecule has 5 atom stereocenters. The maximum Gasteiger partial charge on any atom is 0.325 e. The van der Waals surface area contributed by atoms with E-state index in [0.29, 0.717) is 0 Å². The Morgan fingerprint density at radius 1 is 1.00 bits per heavy atom. The SMILES string of the molecule is O=P(O)(O)CCC1O[C@@H](O)C(O)C(O)[C@@H]1O. The smallest absolute Gasteiger partial charge is 0.325 e. The third-order valence-electron chi connectivity index (χ3n) is 2.39. The van der Waals surface area contributed by atoms with Crippen molar-refractivity contribution in [3.8, 4) is 0 Å². The molecule has 8 nitrogen and oxygen atoms in total. The second-order valence-corrected chi connectivity index (χ2v) is 5.49. The summed E-state index contributed by atoms with van der Waals surface area (Å²) in [5.41, 5.74) is 0. The van der Waals surface area contributed by atoms with Gasteiger partial charge in [-0.15, -0.1) is 0 Å². The minimum atomic E-state index is -4.23. The van der Waals surface area contributed by atoms with E-state index in [1.807, 2.05) is 0 Å². The quantitative estimate of drug-likeness (QED) is 0.301. The molecule has 1 rings (SSSR count). The van der Waals surface area contributed by atoms with Crippen LogP contribution in [-0.4, -0.2) is 67.1 Å². The molecule has 1 aliphatic heterocycles. The Bertz CT molecular complexity index is 278. The Labute approximate surface area is 91.3 Å². The van der Waals surface area contributed by atoms with Crippen LogP contribution in [0.2, 0.25) is 0 Å². The second-order valence-electron chi connectivity index (χ2n) is 3.71. The Hall–Kier alpha value is -0.0500. The van der Waals surface area contributed by atoms with Gasteiger partial charge in [-0.05, 0) is 6.42 Å². The van der Waals surface area contributed by atoms with Crippen molar-refractivity contribution in [1.29, 1.82) is 0 Å². The summed E-state index contributed by atoms with van der Waals surface area (Å²) in [7, 11) is -4.23. The Kier molecular flexibility index (Phi) is 4.44. The molecule has 0 spiro atoms. The minimum Gasteiger partial charge on any atom is -0.388 e. The van der Waals surface area contributed by atoms with Gasteiger partial charge in [-0.1, -0.05) is 0 Å². The highest BCUT2D eigenvalue weighted by Crippen LogP contribution is 2.36. The van der Waals surface area contributed by atoms with Crippen LogP contribution in [0, 0.1) is 0 Å². The molecule has 0 bridgehead atoms. The molecule has 0 radical (unpaired) electrons. The van der Waals surface area contributed by atoms with E-state index in [4.69, 9.17) is 24.7 Å². The molecular formula is C7H15O8P. The first kappa shape index (κ1) is 14.0. The van der Waals surface area contributed by atoms with Crippen molar-refractivity contribution >= 4 is 7.60 Å². The zero-order valence-electron chi connectivity index (χ0n) is 8.25. The lowest BCUT2D eigenvalue weighted by Crippen LogP contribution is -2.57. The molecule has 96 valence electrons. The highest BCUT2D eigenvalue weighted by Gasteiger charge is 2.43. The summed E-state index contributed by atoms with van der Waals surface area (Å²) in [5, 5.41) is 37.0. The lowest BCUT2D eigenvalue weighted by atomic mass is 9.97. The molecule has 0 aliphatic carbocycles. The van der Waals surface area contributed by atoms with Gasteiger partial charge in [-0.25, -0.2) is 0 Å². The van der Waals surface area contributed by atoms with E-state index in [-0.39, 0.29) is 6.42 Å². The summed E-state index contributed by atoms with van der Waals surface area (Å²) in [4.78, 5) is 17.2. The second kappa shape index (κ2) is 5.07. The van der Waals surface area contributed by atoms with E-state index in [1.54, 1.807) is 0 Å². The number of hydrogen-bond acceptors (Lipinski definition) is 6. The first-order valence-corrected chi connectivity index (χ1v) is 6.44. The molecule has 16 heavy (non-hydrogen) atoms. The van der Waals surface area contributed by atoms with Crippen LogP contribution in [0.3, 0.4) is 0 Å². The average Bonchev–Trinajstić information content (AvgIpc) is 2.17. The molecule has 0 amide bonds. The van der Waals surface area contributed by atoms with Crippen LogP contribution in [-0.2, 0) is 9.30 Å². The maximum absolute atomic E-state index is 10.6. The number of hydrogen-bond donors (Lipinski definition) is 6. The summed E-state index contributed by atoms with van der Waals surface area (Å²) in [5.74, 6) is 0. The highest BCUT2D eigenvalue weighted by molar-refractivity contribution is 7.51. The van der Waals surface area contributed by atoms with E-state index in [9.17, 15) is 14.8 Å². The van der Waals surface area contributed by atoms with Crippen molar-refractivity contribution < 1.29 is 39.5 Å². The fourth-order valence-corrected chi connectivity index (χ4v) is 2.06. The van der Waals surface area contributed by atoms with Crippen LogP contribution in [0.4, 0.5) is 0 Å². The fourth-order valence-electron chi connectivity index (χ4n) is 1.46. The van der Waals surface area contributed by atoms with Gasteiger partial charge >= 0.3 is 7.60 Å². The summed E-state index contributed by atoms with van der Waals surface area (Å²) >= 11 is 0. The van der Waals surface area contributed by atoms with E-state index < -0.39 is 44.5 Å². The number of aliphatic hydroxyl groups excluding tert-OH is 4. The topological polar surface area (TPSA) is 148 Å². The van der Waals surface area contributed by atoms with Gasteiger partial charge in [0, 0.05) is 0 Å². The number of rotatable bonds is 3. The lowest BCUT2D eigenvalue weighted by molar-refractivity contribution is -0.281. The summed E-state index contributed by atoms with van der Waals surface area (Å²) in [6.45, 7) is 0. The summed E-state index contributed by atoms with van der Waals surface area (Å²) in [6, 6.07) is 0. The predicted octanol–water partition coefficient (Wildman–Crippen LogP) is -2.65. The predicted molar refractivity (Wildman–Crippen MR) is 50.4 cm³/mol. The van der Waals surface area contributed by atoms with E-state index in [1.165, 1.54) is 0 Å². The molecule has 1 heterocycles. The van der Waals surface area contributed by atoms with Crippen molar-refractivity contribution in [1.82, 2.24) is 0 Å². The highest BCUT2D eigenvalue weighted by atomic mass is 31.2. The molecular weight excluding hydrogens is 243 g/mol. The van der Waals surface area contributed by atoms with Crippen molar-refractivity contribution in [3.05, 3.63) is 0 Å². The molecule has 0 saturated carbocycles. The summed E-state index contributed by atoms with van der Waals surface area (Å²) < 4.78 is 15.3. The van der Waals surface area contributed by atoms with Gasteiger partial charge in [-0.2, -0.15) is 0 Å². The Morgan fingerprint density at radius 3 is 2.06 bits per heavy atom. The molecule has 6 N–H and O–H groups in total.